The standard InChI is InChI=1S/C17H28N4O2/c1-13-19-15(17(22)18-10-7-11-23-2)12-16(20-13)21-14-8-5-3-4-6-9-14/h12,14H,3-11H2,1-2H3,(H,18,22)(H,19,20,21). The molecule has 0 radical (unpaired) electrons. The molecule has 0 aromatic carbocycles. The molecule has 1 aromatic rings. The quantitative estimate of drug-likeness (QED) is 0.597. The maximum Gasteiger partial charge on any atom is 0.270 e. The van der Waals surface area contributed by atoms with Gasteiger partial charge < -0.3 is 15.4 Å². The van der Waals surface area contributed by atoms with Crippen molar-refractivity contribution in [1.29, 1.82) is 0 Å². The third-order valence-corrected chi connectivity index (χ3v) is 4.09. The van der Waals surface area contributed by atoms with Crippen molar-refractivity contribution in [1.82, 2.24) is 15.3 Å². The molecule has 1 amide bonds. The molecule has 0 spiro atoms. The number of hydrogen-bond donors (Lipinski definition) is 2. The number of amides is 1. The molecule has 23 heavy (non-hydrogen) atoms. The van der Waals surface area contributed by atoms with Gasteiger partial charge in [0, 0.05) is 32.4 Å². The Morgan fingerprint density at radius 1 is 1.26 bits per heavy atom. The zero-order chi connectivity index (χ0) is 16.5. The highest BCUT2D eigenvalue weighted by Gasteiger charge is 2.15. The summed E-state index contributed by atoms with van der Waals surface area (Å²) >= 11 is 0. The lowest BCUT2D eigenvalue weighted by molar-refractivity contribution is 0.0943. The van der Waals surface area contributed by atoms with E-state index in [1.54, 1.807) is 13.2 Å². The zero-order valence-corrected chi connectivity index (χ0v) is 14.2. The number of methoxy groups -OCH3 is 1. The third-order valence-electron chi connectivity index (χ3n) is 4.09. The first kappa shape index (κ1) is 17.7. The Morgan fingerprint density at radius 2 is 2.00 bits per heavy atom. The van der Waals surface area contributed by atoms with Crippen LogP contribution in [0.4, 0.5) is 5.82 Å². The molecule has 1 heterocycles. The summed E-state index contributed by atoms with van der Waals surface area (Å²) in [6, 6.07) is 2.20. The van der Waals surface area contributed by atoms with Crippen molar-refractivity contribution in [2.24, 2.45) is 0 Å². The number of hydrogen-bond acceptors (Lipinski definition) is 5. The largest absolute Gasteiger partial charge is 0.385 e. The first-order chi connectivity index (χ1) is 11.2. The summed E-state index contributed by atoms with van der Waals surface area (Å²) in [6.07, 6.45) is 8.28. The van der Waals surface area contributed by atoms with Crippen molar-refractivity contribution in [3.8, 4) is 0 Å². The van der Waals surface area contributed by atoms with Gasteiger partial charge in [0.2, 0.25) is 0 Å². The summed E-state index contributed by atoms with van der Waals surface area (Å²) in [5.74, 6) is 1.22. The highest BCUT2D eigenvalue weighted by molar-refractivity contribution is 5.92. The van der Waals surface area contributed by atoms with Crippen LogP contribution in [-0.2, 0) is 4.74 Å². The van der Waals surface area contributed by atoms with Gasteiger partial charge in [-0.15, -0.1) is 0 Å². The summed E-state index contributed by atoms with van der Waals surface area (Å²) < 4.78 is 4.98. The third kappa shape index (κ3) is 6.14. The second-order valence-corrected chi connectivity index (χ2v) is 6.12. The van der Waals surface area contributed by atoms with Crippen molar-refractivity contribution in [2.75, 3.05) is 25.6 Å². The molecule has 0 atom stereocenters. The molecule has 0 aliphatic heterocycles. The first-order valence-corrected chi connectivity index (χ1v) is 8.58. The van der Waals surface area contributed by atoms with Gasteiger partial charge in [-0.2, -0.15) is 0 Å². The normalized spacial score (nSPS) is 15.9. The highest BCUT2D eigenvalue weighted by Crippen LogP contribution is 2.20. The van der Waals surface area contributed by atoms with E-state index >= 15 is 0 Å². The molecular weight excluding hydrogens is 292 g/mol. The van der Waals surface area contributed by atoms with Gasteiger partial charge in [-0.3, -0.25) is 4.79 Å². The lowest BCUT2D eigenvalue weighted by atomic mass is 10.1. The van der Waals surface area contributed by atoms with E-state index in [1.807, 2.05) is 6.92 Å². The predicted molar refractivity (Wildman–Crippen MR) is 90.7 cm³/mol. The molecule has 1 fully saturated rings. The SMILES string of the molecule is COCCCNC(=O)c1cc(NC2CCCCCC2)nc(C)n1. The Labute approximate surface area is 138 Å². The van der Waals surface area contributed by atoms with Crippen LogP contribution in [0.15, 0.2) is 6.07 Å². The van der Waals surface area contributed by atoms with Gasteiger partial charge in [-0.1, -0.05) is 25.7 Å². The van der Waals surface area contributed by atoms with Crippen LogP contribution < -0.4 is 10.6 Å². The van der Waals surface area contributed by atoms with Gasteiger partial charge in [0.1, 0.15) is 17.3 Å². The second kappa shape index (κ2) is 9.45. The number of rotatable bonds is 7. The molecule has 6 nitrogen and oxygen atoms in total. The molecular formula is C17H28N4O2. The molecule has 128 valence electrons. The Morgan fingerprint density at radius 3 is 2.70 bits per heavy atom. The number of carbonyl (C=O) groups excluding carboxylic acids is 1. The van der Waals surface area contributed by atoms with Crippen LogP contribution in [0.3, 0.4) is 0 Å². The minimum atomic E-state index is -0.157. The van der Waals surface area contributed by atoms with E-state index in [-0.39, 0.29) is 5.91 Å². The molecule has 1 aliphatic rings. The van der Waals surface area contributed by atoms with E-state index in [2.05, 4.69) is 20.6 Å². The fourth-order valence-electron chi connectivity index (χ4n) is 2.90. The molecule has 0 unspecified atom stereocenters. The monoisotopic (exact) mass is 320 g/mol. The molecule has 0 bridgehead atoms. The topological polar surface area (TPSA) is 76.1 Å². The van der Waals surface area contributed by atoms with Crippen LogP contribution in [0.25, 0.3) is 0 Å². The van der Waals surface area contributed by atoms with Gasteiger partial charge in [0.05, 0.1) is 0 Å². The molecule has 1 saturated carbocycles. The minimum absolute atomic E-state index is 0.157. The maximum atomic E-state index is 12.2. The van der Waals surface area contributed by atoms with E-state index in [1.165, 1.54) is 38.5 Å². The van der Waals surface area contributed by atoms with Crippen LogP contribution in [0.1, 0.15) is 61.3 Å². The predicted octanol–water partition coefficient (Wildman–Crippen LogP) is 2.69. The van der Waals surface area contributed by atoms with Gasteiger partial charge in [0.15, 0.2) is 0 Å². The number of aryl methyl sites for hydroxylation is 1. The highest BCUT2D eigenvalue weighted by atomic mass is 16.5. The Kier molecular flexibility index (Phi) is 7.26. The van der Waals surface area contributed by atoms with Crippen molar-refractivity contribution in [3.05, 3.63) is 17.6 Å². The number of aromatic nitrogens is 2. The Bertz CT molecular complexity index is 499. The van der Waals surface area contributed by atoms with E-state index in [0.717, 1.165) is 12.2 Å². The summed E-state index contributed by atoms with van der Waals surface area (Å²) in [4.78, 5) is 20.9. The molecule has 2 N–H and O–H groups in total. The van der Waals surface area contributed by atoms with Crippen molar-refractivity contribution in [3.63, 3.8) is 0 Å². The molecule has 2 rings (SSSR count). The minimum Gasteiger partial charge on any atom is -0.385 e. The zero-order valence-electron chi connectivity index (χ0n) is 14.2. The summed E-state index contributed by atoms with van der Waals surface area (Å²) in [5, 5.41) is 6.35. The average molecular weight is 320 g/mol. The van der Waals surface area contributed by atoms with Crippen molar-refractivity contribution in [2.45, 2.75) is 57.9 Å². The first-order valence-electron chi connectivity index (χ1n) is 8.58. The Hall–Kier alpha value is -1.69. The lowest BCUT2D eigenvalue weighted by Gasteiger charge is -2.17. The number of carbonyl (C=O) groups is 1. The number of anilines is 1. The summed E-state index contributed by atoms with van der Waals surface area (Å²) in [6.45, 7) is 3.04. The van der Waals surface area contributed by atoms with Crippen LogP contribution >= 0.6 is 0 Å². The number of nitrogens with zero attached hydrogens (tertiary/aromatic N) is 2. The molecule has 0 saturated heterocycles. The van der Waals surface area contributed by atoms with Crippen molar-refractivity contribution < 1.29 is 9.53 Å². The van der Waals surface area contributed by atoms with Crippen LogP contribution in [0, 0.1) is 6.92 Å². The fraction of sp³-hybridized carbons (Fsp3) is 0.706. The molecule has 6 heteroatoms. The van der Waals surface area contributed by atoms with Gasteiger partial charge in [-0.05, 0) is 26.2 Å². The van der Waals surface area contributed by atoms with Gasteiger partial charge in [-0.25, -0.2) is 9.97 Å². The van der Waals surface area contributed by atoms with Gasteiger partial charge >= 0.3 is 0 Å². The molecule has 1 aliphatic carbocycles. The number of ether oxygens (including phenoxy) is 1. The van der Waals surface area contributed by atoms with E-state index in [0.29, 0.717) is 30.7 Å². The lowest BCUT2D eigenvalue weighted by Crippen LogP contribution is -2.27. The summed E-state index contributed by atoms with van der Waals surface area (Å²) in [5.41, 5.74) is 0.422. The Balaban J connectivity index is 1.95. The summed E-state index contributed by atoms with van der Waals surface area (Å²) in [7, 11) is 1.65. The average Bonchev–Trinajstić information content (AvgIpc) is 2.79. The second-order valence-electron chi connectivity index (χ2n) is 6.12. The number of nitrogens with one attached hydrogen (secondary N) is 2. The van der Waals surface area contributed by atoms with E-state index in [4.69, 9.17) is 4.74 Å². The van der Waals surface area contributed by atoms with Crippen LogP contribution in [0.2, 0.25) is 0 Å². The maximum absolute atomic E-state index is 12.2. The van der Waals surface area contributed by atoms with Crippen molar-refractivity contribution >= 4 is 11.7 Å². The fourth-order valence-corrected chi connectivity index (χ4v) is 2.90. The smallest absolute Gasteiger partial charge is 0.270 e. The van der Waals surface area contributed by atoms with Crippen LogP contribution in [-0.4, -0.2) is 42.2 Å². The van der Waals surface area contributed by atoms with Crippen LogP contribution in [0.5, 0.6) is 0 Å². The molecule has 1 aromatic heterocycles. The van der Waals surface area contributed by atoms with E-state index in [9.17, 15) is 4.79 Å². The van der Waals surface area contributed by atoms with Gasteiger partial charge in [0.25, 0.3) is 5.91 Å². The van der Waals surface area contributed by atoms with E-state index < -0.39 is 0 Å².